The number of nitrogens with two attached hydrogens (primary N) is 1. The Hall–Kier alpha value is -2.35. The Bertz CT molecular complexity index is 643. The van der Waals surface area contributed by atoms with Crippen LogP contribution in [-0.2, 0) is 13.7 Å². The predicted molar refractivity (Wildman–Crippen MR) is 88.1 cm³/mol. The van der Waals surface area contributed by atoms with Gasteiger partial charge in [0, 0.05) is 7.05 Å². The number of ether oxygens (including phenoxy) is 1. The number of nitrogens with one attached hydrogen (secondary N) is 1. The maximum atomic E-state index is 9.44. The van der Waals surface area contributed by atoms with E-state index in [0.29, 0.717) is 18.2 Å². The molecular weight excluding hydrogens is 296 g/mol. The van der Waals surface area contributed by atoms with E-state index in [1.54, 1.807) is 4.68 Å². The highest BCUT2D eigenvalue weighted by molar-refractivity contribution is 5.51. The van der Waals surface area contributed by atoms with Crippen molar-refractivity contribution < 1.29 is 9.84 Å². The van der Waals surface area contributed by atoms with Crippen LogP contribution in [0.3, 0.4) is 0 Å². The first-order chi connectivity index (χ1) is 11.0. The van der Waals surface area contributed by atoms with Gasteiger partial charge in [-0.3, -0.25) is 4.68 Å². The van der Waals surface area contributed by atoms with E-state index in [2.05, 4.69) is 27.3 Å². The highest BCUT2D eigenvalue weighted by Crippen LogP contribution is 2.24. The van der Waals surface area contributed by atoms with Crippen LogP contribution in [0, 0.1) is 6.92 Å². The Morgan fingerprint density at radius 2 is 2.26 bits per heavy atom. The van der Waals surface area contributed by atoms with Crippen LogP contribution in [0.2, 0.25) is 0 Å². The first-order valence-electron chi connectivity index (χ1n) is 7.65. The predicted octanol–water partition coefficient (Wildman–Crippen LogP) is 1.25. The van der Waals surface area contributed by atoms with Gasteiger partial charge in [0.15, 0.2) is 11.6 Å². The summed E-state index contributed by atoms with van der Waals surface area (Å²) in [5.41, 5.74) is 7.53. The van der Waals surface area contributed by atoms with Gasteiger partial charge in [0.2, 0.25) is 5.95 Å². The minimum Gasteiger partial charge on any atom is -0.482 e. The van der Waals surface area contributed by atoms with Crippen LogP contribution in [0.5, 0.6) is 5.75 Å². The molecule has 0 radical (unpaired) electrons. The molecule has 8 nitrogen and oxygen atoms in total. The number of aryl methyl sites for hydroxylation is 2. The number of rotatable bonds is 8. The fourth-order valence-corrected chi connectivity index (χ4v) is 2.30. The zero-order valence-electron chi connectivity index (χ0n) is 13.8. The Kier molecular flexibility index (Phi) is 5.75. The van der Waals surface area contributed by atoms with Crippen molar-refractivity contribution in [1.29, 1.82) is 0 Å². The van der Waals surface area contributed by atoms with Crippen molar-refractivity contribution in [3.05, 3.63) is 23.7 Å². The summed E-state index contributed by atoms with van der Waals surface area (Å²) in [6, 6.07) is 1.86. The standard InChI is InChI=1S/C15H24N6O2/c1-4-5-11(8-22)18-14-13(7-17-15(16)19-14)23-9-12-6-10(2)20-21(12)3/h6-7,11,22H,4-5,8-9H2,1-3H3,(H3,16,17,18,19)/t11-/m0/s1. The number of nitrogen functional groups attached to an aromatic ring is 1. The number of nitrogens with zero attached hydrogens (tertiary/aromatic N) is 4. The van der Waals surface area contributed by atoms with E-state index in [-0.39, 0.29) is 18.6 Å². The quantitative estimate of drug-likeness (QED) is 0.671. The van der Waals surface area contributed by atoms with Gasteiger partial charge in [0.1, 0.15) is 6.61 Å². The van der Waals surface area contributed by atoms with E-state index in [1.807, 2.05) is 20.0 Å². The van der Waals surface area contributed by atoms with E-state index in [4.69, 9.17) is 10.5 Å². The molecule has 0 saturated carbocycles. The summed E-state index contributed by atoms with van der Waals surface area (Å²) in [5.74, 6) is 1.14. The molecule has 23 heavy (non-hydrogen) atoms. The number of hydrogen-bond donors (Lipinski definition) is 3. The molecule has 1 atom stereocenters. The van der Waals surface area contributed by atoms with Crippen LogP contribution >= 0.6 is 0 Å². The van der Waals surface area contributed by atoms with Crippen LogP contribution in [0.15, 0.2) is 12.3 Å². The van der Waals surface area contributed by atoms with Crippen molar-refractivity contribution >= 4 is 11.8 Å². The average Bonchev–Trinajstić information content (AvgIpc) is 2.83. The van der Waals surface area contributed by atoms with E-state index in [1.165, 1.54) is 6.20 Å². The van der Waals surface area contributed by atoms with E-state index < -0.39 is 0 Å². The third kappa shape index (κ3) is 4.56. The summed E-state index contributed by atoms with van der Waals surface area (Å²) in [7, 11) is 1.87. The summed E-state index contributed by atoms with van der Waals surface area (Å²) < 4.78 is 7.58. The van der Waals surface area contributed by atoms with Crippen LogP contribution in [0.1, 0.15) is 31.2 Å². The first-order valence-corrected chi connectivity index (χ1v) is 7.65. The van der Waals surface area contributed by atoms with Crippen molar-refractivity contribution in [1.82, 2.24) is 19.7 Å². The third-order valence-corrected chi connectivity index (χ3v) is 3.45. The second-order valence-electron chi connectivity index (χ2n) is 5.44. The number of aliphatic hydroxyl groups excluding tert-OH is 1. The molecule has 0 saturated heterocycles. The zero-order chi connectivity index (χ0) is 16.8. The van der Waals surface area contributed by atoms with Crippen molar-refractivity contribution in [3.8, 4) is 5.75 Å². The summed E-state index contributed by atoms with van der Waals surface area (Å²) in [6.45, 7) is 4.34. The lowest BCUT2D eigenvalue weighted by Crippen LogP contribution is -2.24. The lowest BCUT2D eigenvalue weighted by atomic mass is 10.2. The summed E-state index contributed by atoms with van der Waals surface area (Å²) in [4.78, 5) is 8.16. The molecule has 0 amide bonds. The average molecular weight is 320 g/mol. The molecule has 2 aromatic rings. The summed E-state index contributed by atoms with van der Waals surface area (Å²) in [5, 5.41) is 16.9. The Morgan fingerprint density at radius 3 is 2.87 bits per heavy atom. The van der Waals surface area contributed by atoms with Gasteiger partial charge in [0.25, 0.3) is 0 Å². The van der Waals surface area contributed by atoms with Gasteiger partial charge in [-0.1, -0.05) is 13.3 Å². The molecule has 0 aromatic carbocycles. The van der Waals surface area contributed by atoms with Crippen LogP contribution in [0.4, 0.5) is 11.8 Å². The van der Waals surface area contributed by atoms with Gasteiger partial charge in [-0.2, -0.15) is 10.1 Å². The smallest absolute Gasteiger partial charge is 0.222 e. The molecule has 0 spiro atoms. The van der Waals surface area contributed by atoms with Crippen LogP contribution in [-0.4, -0.2) is 37.5 Å². The number of anilines is 2. The molecule has 0 unspecified atom stereocenters. The third-order valence-electron chi connectivity index (χ3n) is 3.45. The maximum absolute atomic E-state index is 9.44. The molecule has 4 N–H and O–H groups in total. The fraction of sp³-hybridized carbons (Fsp3) is 0.533. The lowest BCUT2D eigenvalue weighted by Gasteiger charge is -2.18. The van der Waals surface area contributed by atoms with E-state index in [0.717, 1.165) is 24.2 Å². The normalized spacial score (nSPS) is 12.2. The minimum atomic E-state index is -0.101. The monoisotopic (exact) mass is 320 g/mol. The number of aliphatic hydroxyl groups is 1. The van der Waals surface area contributed by atoms with Gasteiger partial charge >= 0.3 is 0 Å². The molecule has 2 heterocycles. The Labute approximate surface area is 135 Å². The molecule has 0 bridgehead atoms. The van der Waals surface area contributed by atoms with Gasteiger partial charge in [-0.05, 0) is 19.4 Å². The molecule has 2 rings (SSSR count). The molecule has 2 aromatic heterocycles. The molecule has 0 aliphatic heterocycles. The maximum Gasteiger partial charge on any atom is 0.222 e. The molecule has 8 heteroatoms. The van der Waals surface area contributed by atoms with Crippen molar-refractivity contribution in [2.75, 3.05) is 17.7 Å². The lowest BCUT2D eigenvalue weighted by molar-refractivity contribution is 0.266. The minimum absolute atomic E-state index is 0.0120. The highest BCUT2D eigenvalue weighted by atomic mass is 16.5. The molecule has 126 valence electrons. The van der Waals surface area contributed by atoms with E-state index in [9.17, 15) is 5.11 Å². The molecular formula is C15H24N6O2. The summed E-state index contributed by atoms with van der Waals surface area (Å²) >= 11 is 0. The molecule has 0 aliphatic rings. The summed E-state index contributed by atoms with van der Waals surface area (Å²) in [6.07, 6.45) is 3.30. The molecule has 0 aliphatic carbocycles. The van der Waals surface area contributed by atoms with Gasteiger partial charge in [0.05, 0.1) is 30.2 Å². The topological polar surface area (TPSA) is 111 Å². The molecule has 0 fully saturated rings. The Balaban J connectivity index is 2.13. The van der Waals surface area contributed by atoms with E-state index >= 15 is 0 Å². The largest absolute Gasteiger partial charge is 0.482 e. The second kappa shape index (κ2) is 7.77. The number of hydrogen-bond acceptors (Lipinski definition) is 7. The van der Waals surface area contributed by atoms with Gasteiger partial charge in [-0.15, -0.1) is 0 Å². The van der Waals surface area contributed by atoms with Crippen molar-refractivity contribution in [2.45, 2.75) is 39.3 Å². The van der Waals surface area contributed by atoms with Crippen LogP contribution < -0.4 is 15.8 Å². The Morgan fingerprint density at radius 1 is 1.48 bits per heavy atom. The fourth-order valence-electron chi connectivity index (χ4n) is 2.30. The van der Waals surface area contributed by atoms with Crippen molar-refractivity contribution in [2.24, 2.45) is 7.05 Å². The van der Waals surface area contributed by atoms with Crippen LogP contribution in [0.25, 0.3) is 0 Å². The van der Waals surface area contributed by atoms with Crippen molar-refractivity contribution in [3.63, 3.8) is 0 Å². The SMILES string of the molecule is CCC[C@@H](CO)Nc1nc(N)ncc1OCc1cc(C)nn1C. The highest BCUT2D eigenvalue weighted by Gasteiger charge is 2.13. The van der Waals surface area contributed by atoms with Gasteiger partial charge in [-0.25, -0.2) is 4.98 Å². The first kappa shape index (κ1) is 17.0. The van der Waals surface area contributed by atoms with Gasteiger partial charge < -0.3 is 20.9 Å². The number of aromatic nitrogens is 4. The second-order valence-corrected chi connectivity index (χ2v) is 5.44. The zero-order valence-corrected chi connectivity index (χ0v) is 13.8.